The molecular formula is C60H62N9O8S3+. The number of thioether (sulfide) groups is 2. The third kappa shape index (κ3) is 12.0. The highest BCUT2D eigenvalue weighted by Gasteiger charge is 2.55. The summed E-state index contributed by atoms with van der Waals surface area (Å²) in [4.78, 5) is 74.5. The number of oxime groups is 1. The van der Waals surface area contributed by atoms with Crippen LogP contribution < -0.4 is 31.4 Å². The molecule has 0 aliphatic carbocycles. The molecule has 4 heterocycles. The predicted octanol–water partition coefficient (Wildman–Crippen LogP) is 9.04. The first-order valence-electron chi connectivity index (χ1n) is 25.6. The fourth-order valence-corrected chi connectivity index (χ4v) is 12.5. The Labute approximate surface area is 477 Å². The van der Waals surface area contributed by atoms with E-state index in [4.69, 9.17) is 35.5 Å². The van der Waals surface area contributed by atoms with Crippen molar-refractivity contribution in [3.8, 4) is 11.4 Å². The summed E-state index contributed by atoms with van der Waals surface area (Å²) in [6, 6.07) is 43.4. The maximum absolute atomic E-state index is 14.9. The van der Waals surface area contributed by atoms with E-state index < -0.39 is 51.9 Å². The number of ether oxygens (including phenoxy) is 3. The number of hydrogen-bond acceptors (Lipinski definition) is 17. The minimum atomic E-state index is -1.67. The summed E-state index contributed by atoms with van der Waals surface area (Å²) >= 11 is 3.90. The number of carbonyl (C=O) groups excluding carboxylic acids is 4. The first-order valence-corrected chi connectivity index (χ1v) is 28.5. The Bertz CT molecular complexity index is 3380. The van der Waals surface area contributed by atoms with Crippen LogP contribution in [-0.2, 0) is 45.6 Å². The summed E-state index contributed by atoms with van der Waals surface area (Å²) < 4.78 is 18.8. The molecule has 1 saturated heterocycles. The highest BCUT2D eigenvalue weighted by atomic mass is 32.2. The number of nitrogens with one attached hydrogen (secondary N) is 2. The van der Waals surface area contributed by atoms with Crippen LogP contribution in [0, 0.1) is 13.8 Å². The van der Waals surface area contributed by atoms with Gasteiger partial charge < -0.3 is 41.1 Å². The van der Waals surface area contributed by atoms with Crippen molar-refractivity contribution in [2.24, 2.45) is 5.16 Å². The Balaban J connectivity index is 1.04. The van der Waals surface area contributed by atoms with E-state index in [0.717, 1.165) is 33.5 Å². The second-order valence-electron chi connectivity index (χ2n) is 20.5. The van der Waals surface area contributed by atoms with E-state index in [9.17, 15) is 19.2 Å². The Morgan fingerprint density at radius 2 is 1.43 bits per heavy atom. The molecule has 0 bridgehead atoms. The number of thiazole rings is 1. The van der Waals surface area contributed by atoms with Crippen LogP contribution in [0.15, 0.2) is 166 Å². The van der Waals surface area contributed by atoms with Crippen LogP contribution >= 0.6 is 34.9 Å². The van der Waals surface area contributed by atoms with Crippen molar-refractivity contribution in [2.45, 2.75) is 88.4 Å². The van der Waals surface area contributed by atoms with Crippen LogP contribution in [0.25, 0.3) is 5.69 Å². The predicted molar refractivity (Wildman–Crippen MR) is 312 cm³/mol. The molecule has 20 heteroatoms. The van der Waals surface area contributed by atoms with Gasteiger partial charge in [0.1, 0.15) is 52.0 Å². The molecule has 2 amide bonds. The van der Waals surface area contributed by atoms with Crippen LogP contribution in [-0.4, -0.2) is 85.6 Å². The average Bonchev–Trinajstić information content (AvgIpc) is 4.04. The Morgan fingerprint density at radius 3 is 2.00 bits per heavy atom. The largest absolute Gasteiger partial charge is 0.497 e. The first kappa shape index (κ1) is 56.5. The monoisotopic (exact) mass is 1130 g/mol. The zero-order chi connectivity index (χ0) is 56.9. The van der Waals surface area contributed by atoms with Gasteiger partial charge in [-0.15, -0.1) is 23.1 Å². The lowest BCUT2D eigenvalue weighted by atomic mass is 9.77. The fourth-order valence-electron chi connectivity index (χ4n) is 9.27. The molecule has 2 aromatic heterocycles. The van der Waals surface area contributed by atoms with E-state index in [1.54, 1.807) is 63.6 Å². The van der Waals surface area contributed by atoms with Crippen LogP contribution in [0.5, 0.6) is 5.75 Å². The summed E-state index contributed by atoms with van der Waals surface area (Å²) in [5.41, 5.74) is 16.1. The molecule has 5 aromatic carbocycles. The number of para-hydroxylation sites is 1. The number of β-lactam (4-membered cyclic amide) rings is 1. The maximum atomic E-state index is 14.9. The number of benzene rings is 5. The number of nitrogen functional groups attached to an aromatic ring is 2. The van der Waals surface area contributed by atoms with Crippen LogP contribution in [0.2, 0.25) is 0 Å². The van der Waals surface area contributed by atoms with Crippen molar-refractivity contribution in [3.05, 3.63) is 195 Å². The molecule has 2 unspecified atom stereocenters. The van der Waals surface area contributed by atoms with Gasteiger partial charge in [-0.3, -0.25) is 14.5 Å². The Kier molecular flexibility index (Phi) is 16.7. The molecule has 80 heavy (non-hydrogen) atoms. The molecule has 2 aliphatic rings. The van der Waals surface area contributed by atoms with Crippen LogP contribution in [0.1, 0.15) is 73.7 Å². The molecule has 0 radical (unpaired) electrons. The zero-order valence-corrected chi connectivity index (χ0v) is 48.0. The number of esters is 2. The van der Waals surface area contributed by atoms with Crippen molar-refractivity contribution in [2.75, 3.05) is 35.4 Å². The highest BCUT2D eigenvalue weighted by molar-refractivity contribution is 8.01. The summed E-state index contributed by atoms with van der Waals surface area (Å²) in [6.45, 7) is 12.0. The van der Waals surface area contributed by atoms with Crippen LogP contribution in [0.3, 0.4) is 0 Å². The Hall–Kier alpha value is -8.20. The molecule has 0 saturated carbocycles. The lowest BCUT2D eigenvalue weighted by Crippen LogP contribution is -2.71. The standard InChI is InChI=1S/C60H61N9O8S3/c1-36-19-18-20-37(2)49(36)68-46(62)31-45(61)64-57(68)80-34-39-33-78-53-48(52(71)69(53)50(39)54(72)75-32-38-27-29-43(74-8)30-28-38)65-51(70)47(67-77-59(6,7)55(73)76-58(3,4)5)44-35-79-56(63-44)66-60(40-21-12-9-13-22-40,41-23-14-10-15-24-41)42-25-16-11-17-26-42/h9-31,35,48,53H,32-34H2,1-8H3,(H5,61,62,63,65,66,70)/p+1/b67-47-. The van der Waals surface area contributed by atoms with Crippen molar-refractivity contribution < 1.29 is 42.8 Å². The number of anilines is 3. The topological polar surface area (TPSA) is 227 Å². The highest BCUT2D eigenvalue weighted by Crippen LogP contribution is 2.43. The van der Waals surface area contributed by atoms with Crippen molar-refractivity contribution >= 4 is 81.1 Å². The molecule has 2 atom stereocenters. The van der Waals surface area contributed by atoms with E-state index in [-0.39, 0.29) is 41.0 Å². The lowest BCUT2D eigenvalue weighted by molar-refractivity contribution is -0.626. The summed E-state index contributed by atoms with van der Waals surface area (Å²) in [7, 11) is 1.56. The molecule has 1 fully saturated rings. The number of methoxy groups -OCH3 is 1. The number of fused-ring (bicyclic) bond motifs is 1. The second-order valence-corrected chi connectivity index (χ2v) is 23.5. The number of aromatic nitrogens is 3. The van der Waals surface area contributed by atoms with E-state index in [0.29, 0.717) is 33.0 Å². The number of nitrogens with zero attached hydrogens (tertiary/aromatic N) is 5. The number of rotatable bonds is 19. The second kappa shape index (κ2) is 23.6. The normalized spacial score (nSPS) is 15.6. The van der Waals surface area contributed by atoms with Gasteiger partial charge in [-0.25, -0.2) is 14.6 Å². The van der Waals surface area contributed by atoms with Gasteiger partial charge in [0.25, 0.3) is 11.8 Å². The number of amides is 2. The van der Waals surface area contributed by atoms with E-state index in [1.807, 2.05) is 128 Å². The van der Waals surface area contributed by atoms with Gasteiger partial charge in [-0.2, -0.15) is 4.57 Å². The number of aryl methyl sites for hydroxylation is 2. The fraction of sp³-hybridized carbons (Fsp3) is 0.267. The maximum Gasteiger partial charge on any atom is 0.355 e. The molecular weight excluding hydrogens is 1070 g/mol. The van der Waals surface area contributed by atoms with E-state index in [1.165, 1.54) is 53.6 Å². The minimum absolute atomic E-state index is 0.0473. The molecule has 2 aliphatic heterocycles. The SMILES string of the molecule is COc1ccc(COC(=O)C2=C(CSc3nc(N)cc(N)[n+]3-c3c(C)cccc3C)CSC3C(NC(=O)/C(=N\OC(C)(C)C(=O)OC(C)(C)C)c4csc(NC(c5ccccc5)(c5ccccc5)c5ccccc5)n4)C(=O)N23)cc1. The molecule has 9 rings (SSSR count). The van der Waals surface area contributed by atoms with Crippen LogP contribution in [0.4, 0.5) is 16.8 Å². The van der Waals surface area contributed by atoms with Gasteiger partial charge in [0.2, 0.25) is 17.2 Å². The molecule has 0 spiro atoms. The zero-order valence-electron chi connectivity index (χ0n) is 45.5. The van der Waals surface area contributed by atoms with E-state index in [2.05, 4.69) is 20.8 Å². The number of hydrogen-bond donors (Lipinski definition) is 4. The van der Waals surface area contributed by atoms with Gasteiger partial charge in [0.05, 0.1) is 13.2 Å². The minimum Gasteiger partial charge on any atom is -0.497 e. The third-order valence-electron chi connectivity index (χ3n) is 13.2. The van der Waals surface area contributed by atoms with E-state index >= 15 is 0 Å². The molecule has 7 aromatic rings. The third-order valence-corrected chi connectivity index (χ3v) is 16.3. The van der Waals surface area contributed by atoms with Gasteiger partial charge in [0.15, 0.2) is 10.8 Å². The van der Waals surface area contributed by atoms with Gasteiger partial charge >= 0.3 is 17.1 Å². The number of carbonyl (C=O) groups is 4. The van der Waals surface area contributed by atoms with Crippen molar-refractivity contribution in [1.82, 2.24) is 20.2 Å². The molecule has 412 valence electrons. The number of nitrogens with two attached hydrogens (primary N) is 2. The van der Waals surface area contributed by atoms with Crippen molar-refractivity contribution in [3.63, 3.8) is 0 Å². The lowest BCUT2D eigenvalue weighted by Gasteiger charge is -2.49. The van der Waals surface area contributed by atoms with Gasteiger partial charge in [-0.05, 0) is 111 Å². The average molecular weight is 1130 g/mol. The Morgan fingerprint density at radius 1 is 0.825 bits per heavy atom. The quantitative estimate of drug-likeness (QED) is 0.00866. The molecule has 6 N–H and O–H groups in total. The molecule has 17 nitrogen and oxygen atoms in total. The smallest absolute Gasteiger partial charge is 0.355 e. The summed E-state index contributed by atoms with van der Waals surface area (Å²) in [5.74, 6) is -1.18. The first-order chi connectivity index (χ1) is 38.3. The van der Waals surface area contributed by atoms with Gasteiger partial charge in [0, 0.05) is 16.9 Å². The van der Waals surface area contributed by atoms with Gasteiger partial charge in [-0.1, -0.05) is 131 Å². The summed E-state index contributed by atoms with van der Waals surface area (Å²) in [6.07, 6.45) is 0. The van der Waals surface area contributed by atoms with Crippen molar-refractivity contribution in [1.29, 1.82) is 0 Å². The summed E-state index contributed by atoms with van der Waals surface area (Å²) in [5, 5.41) is 12.7.